The molecule has 0 bridgehead atoms. The van der Waals surface area contributed by atoms with Gasteiger partial charge in [0.1, 0.15) is 11.5 Å². The number of benzene rings is 2. The van der Waals surface area contributed by atoms with Gasteiger partial charge in [0, 0.05) is 11.4 Å². The Morgan fingerprint density at radius 3 is 2.12 bits per heavy atom. The van der Waals surface area contributed by atoms with E-state index >= 15 is 0 Å². The van der Waals surface area contributed by atoms with Crippen molar-refractivity contribution in [3.8, 4) is 11.5 Å². The summed E-state index contributed by atoms with van der Waals surface area (Å²) in [6.45, 7) is 5.80. The van der Waals surface area contributed by atoms with Crippen molar-refractivity contribution >= 4 is 11.7 Å². The van der Waals surface area contributed by atoms with Crippen LogP contribution in [0.2, 0.25) is 0 Å². The molecule has 0 aliphatic rings. The van der Waals surface area contributed by atoms with Gasteiger partial charge in [-0.1, -0.05) is 18.2 Å². The van der Waals surface area contributed by atoms with Crippen LogP contribution in [0, 0.1) is 13.8 Å². The van der Waals surface area contributed by atoms with Gasteiger partial charge >= 0.3 is 0 Å². The number of hydrogen-bond acceptors (Lipinski definition) is 5. The molecule has 0 aliphatic heterocycles. The van der Waals surface area contributed by atoms with Gasteiger partial charge in [-0.25, -0.2) is 15.4 Å². The van der Waals surface area contributed by atoms with Crippen molar-refractivity contribution < 1.29 is 4.74 Å². The van der Waals surface area contributed by atoms with Crippen molar-refractivity contribution in [2.45, 2.75) is 20.8 Å². The molecule has 3 aromatic rings. The summed E-state index contributed by atoms with van der Waals surface area (Å²) >= 11 is 0. The summed E-state index contributed by atoms with van der Waals surface area (Å²) in [5.74, 6) is 2.10. The number of ether oxygens (including phenoxy) is 1. The minimum absolute atomic E-state index is 0.501. The molecular weight excluding hydrogens is 312 g/mol. The first-order chi connectivity index (χ1) is 12.1. The van der Waals surface area contributed by atoms with E-state index in [4.69, 9.17) is 4.74 Å². The Morgan fingerprint density at radius 1 is 0.880 bits per heavy atom. The lowest BCUT2D eigenvalue weighted by atomic mass is 10.1. The monoisotopic (exact) mass is 332 g/mol. The zero-order chi connectivity index (χ0) is 17.6. The van der Waals surface area contributed by atoms with E-state index in [0.717, 1.165) is 34.2 Å². The van der Waals surface area contributed by atoms with Crippen LogP contribution in [0.25, 0.3) is 0 Å². The van der Waals surface area contributed by atoms with E-state index in [1.54, 1.807) is 0 Å². The third-order valence-electron chi connectivity index (χ3n) is 3.56. The highest BCUT2D eigenvalue weighted by Gasteiger charge is 2.02. The summed E-state index contributed by atoms with van der Waals surface area (Å²) in [5.41, 5.74) is 6.57. The second-order valence-electron chi connectivity index (χ2n) is 5.72. The van der Waals surface area contributed by atoms with E-state index in [9.17, 15) is 0 Å². The molecule has 2 aromatic carbocycles. The van der Waals surface area contributed by atoms with Crippen molar-refractivity contribution in [2.24, 2.45) is 5.10 Å². The van der Waals surface area contributed by atoms with Crippen LogP contribution in [0.5, 0.6) is 11.5 Å². The molecule has 0 spiro atoms. The molecule has 0 fully saturated rings. The molecule has 3 rings (SSSR count). The molecule has 0 aliphatic carbocycles. The number of anilines is 1. The number of nitrogens with one attached hydrogen (secondary N) is 1. The summed E-state index contributed by atoms with van der Waals surface area (Å²) < 4.78 is 5.79. The van der Waals surface area contributed by atoms with Crippen molar-refractivity contribution in [2.75, 3.05) is 5.43 Å². The minimum Gasteiger partial charge on any atom is -0.457 e. The van der Waals surface area contributed by atoms with Crippen molar-refractivity contribution in [1.29, 1.82) is 0 Å². The maximum Gasteiger partial charge on any atom is 0.243 e. The number of aryl methyl sites for hydroxylation is 2. The minimum atomic E-state index is 0.501. The first-order valence-corrected chi connectivity index (χ1v) is 8.06. The molecule has 0 saturated carbocycles. The third-order valence-corrected chi connectivity index (χ3v) is 3.56. The van der Waals surface area contributed by atoms with Gasteiger partial charge in [0.15, 0.2) is 0 Å². The summed E-state index contributed by atoms with van der Waals surface area (Å²) in [7, 11) is 0. The van der Waals surface area contributed by atoms with Gasteiger partial charge in [-0.3, -0.25) is 0 Å². The highest BCUT2D eigenvalue weighted by Crippen LogP contribution is 2.21. The van der Waals surface area contributed by atoms with Gasteiger partial charge in [0.2, 0.25) is 5.95 Å². The number of nitrogens with zero attached hydrogens (tertiary/aromatic N) is 3. The Labute approximate surface area is 147 Å². The molecule has 0 atom stereocenters. The Balaban J connectivity index is 1.68. The van der Waals surface area contributed by atoms with Crippen LogP contribution in [0.4, 0.5) is 5.95 Å². The van der Waals surface area contributed by atoms with Gasteiger partial charge < -0.3 is 4.74 Å². The number of para-hydroxylation sites is 1. The van der Waals surface area contributed by atoms with Gasteiger partial charge in [-0.05, 0) is 68.8 Å². The number of rotatable bonds is 5. The fourth-order valence-electron chi connectivity index (χ4n) is 2.36. The smallest absolute Gasteiger partial charge is 0.243 e. The molecule has 0 unspecified atom stereocenters. The summed E-state index contributed by atoms with van der Waals surface area (Å²) in [4.78, 5) is 8.62. The molecule has 5 nitrogen and oxygen atoms in total. The van der Waals surface area contributed by atoms with Crippen LogP contribution < -0.4 is 10.2 Å². The molecular formula is C20H20N4O. The Kier molecular flexibility index (Phi) is 5.04. The quantitative estimate of drug-likeness (QED) is 0.542. The maximum atomic E-state index is 5.79. The van der Waals surface area contributed by atoms with Crippen LogP contribution in [-0.4, -0.2) is 15.7 Å². The molecule has 1 N–H and O–H groups in total. The van der Waals surface area contributed by atoms with E-state index < -0.39 is 0 Å². The normalized spacial score (nSPS) is 11.2. The van der Waals surface area contributed by atoms with Crippen molar-refractivity contribution in [1.82, 2.24) is 9.97 Å². The van der Waals surface area contributed by atoms with Gasteiger partial charge in [0.05, 0.1) is 5.71 Å². The van der Waals surface area contributed by atoms with Crippen LogP contribution in [0.1, 0.15) is 23.9 Å². The first-order valence-electron chi connectivity index (χ1n) is 8.06. The van der Waals surface area contributed by atoms with E-state index in [1.807, 2.05) is 81.4 Å². The largest absolute Gasteiger partial charge is 0.457 e. The zero-order valence-electron chi connectivity index (χ0n) is 14.5. The Morgan fingerprint density at radius 2 is 1.48 bits per heavy atom. The Hall–Kier alpha value is -3.21. The zero-order valence-corrected chi connectivity index (χ0v) is 14.5. The second kappa shape index (κ2) is 7.57. The first kappa shape index (κ1) is 16.6. The summed E-state index contributed by atoms with van der Waals surface area (Å²) in [5, 5.41) is 4.36. The van der Waals surface area contributed by atoms with Crippen LogP contribution in [0.15, 0.2) is 65.8 Å². The number of hydrazone groups is 1. The number of hydrogen-bond donors (Lipinski definition) is 1. The standard InChI is InChI=1S/C20H20N4O/c1-14-13-15(2)22-20(21-14)24-23-16(3)17-9-11-19(12-10-17)25-18-7-5-4-6-8-18/h4-13H,1-3H3,(H,21,22,24)/b23-16-. The maximum absolute atomic E-state index is 5.79. The molecule has 0 amide bonds. The fraction of sp³-hybridized carbons (Fsp3) is 0.150. The van der Waals surface area contributed by atoms with Crippen molar-refractivity contribution in [3.05, 3.63) is 77.6 Å². The van der Waals surface area contributed by atoms with Crippen molar-refractivity contribution in [3.63, 3.8) is 0 Å². The molecule has 5 heteroatoms. The lowest BCUT2D eigenvalue weighted by molar-refractivity contribution is 0.482. The third kappa shape index (κ3) is 4.64. The summed E-state index contributed by atoms with van der Waals surface area (Å²) in [6, 6.07) is 19.4. The lowest BCUT2D eigenvalue weighted by Crippen LogP contribution is -2.03. The molecule has 126 valence electrons. The molecule has 1 aromatic heterocycles. The second-order valence-corrected chi connectivity index (χ2v) is 5.72. The predicted molar refractivity (Wildman–Crippen MR) is 100 cm³/mol. The van der Waals surface area contributed by atoms with E-state index in [0.29, 0.717) is 5.95 Å². The average molecular weight is 332 g/mol. The Bertz CT molecular complexity index is 854. The van der Waals surface area contributed by atoms with E-state index in [-0.39, 0.29) is 0 Å². The lowest BCUT2D eigenvalue weighted by Gasteiger charge is -2.07. The van der Waals surface area contributed by atoms with Gasteiger partial charge in [0.25, 0.3) is 0 Å². The van der Waals surface area contributed by atoms with Crippen LogP contribution >= 0.6 is 0 Å². The number of aromatic nitrogens is 2. The van der Waals surface area contributed by atoms with Gasteiger partial charge in [-0.2, -0.15) is 5.10 Å². The highest BCUT2D eigenvalue weighted by atomic mass is 16.5. The van der Waals surface area contributed by atoms with E-state index in [2.05, 4.69) is 20.5 Å². The molecule has 0 radical (unpaired) electrons. The van der Waals surface area contributed by atoms with Gasteiger partial charge in [-0.15, -0.1) is 0 Å². The van der Waals surface area contributed by atoms with Crippen LogP contribution in [0.3, 0.4) is 0 Å². The average Bonchev–Trinajstić information content (AvgIpc) is 2.60. The van der Waals surface area contributed by atoms with E-state index in [1.165, 1.54) is 0 Å². The van der Waals surface area contributed by atoms with Crippen LogP contribution in [-0.2, 0) is 0 Å². The molecule has 0 saturated heterocycles. The predicted octanol–water partition coefficient (Wildman–Crippen LogP) is 4.72. The fourth-order valence-corrected chi connectivity index (χ4v) is 2.36. The molecule has 25 heavy (non-hydrogen) atoms. The summed E-state index contributed by atoms with van der Waals surface area (Å²) in [6.07, 6.45) is 0. The molecule has 1 heterocycles. The highest BCUT2D eigenvalue weighted by molar-refractivity contribution is 5.99. The SMILES string of the molecule is C/C(=N/Nc1nc(C)cc(C)n1)c1ccc(Oc2ccccc2)cc1. The topological polar surface area (TPSA) is 59.4 Å².